The van der Waals surface area contributed by atoms with Gasteiger partial charge < -0.3 is 16.0 Å². The fraction of sp³-hybridized carbons (Fsp3) is 0.263. The summed E-state index contributed by atoms with van der Waals surface area (Å²) in [7, 11) is 0. The molecule has 0 aliphatic heterocycles. The monoisotopic (exact) mass is 406 g/mol. The lowest BCUT2D eigenvalue weighted by molar-refractivity contribution is -0.387. The molecule has 0 aliphatic rings. The number of anilines is 1. The van der Waals surface area contributed by atoms with Gasteiger partial charge >= 0.3 is 11.7 Å². The summed E-state index contributed by atoms with van der Waals surface area (Å²) in [5, 5.41) is 18.3. The van der Waals surface area contributed by atoms with Crippen LogP contribution in [-0.4, -0.2) is 22.9 Å². The van der Waals surface area contributed by atoms with Crippen LogP contribution in [0.4, 0.5) is 25.0 Å². The van der Waals surface area contributed by atoms with Gasteiger partial charge in [-0.15, -0.1) is 0 Å². The number of nitrogens with zero attached hydrogens (tertiary/aromatic N) is 1. The van der Waals surface area contributed by atoms with Gasteiger partial charge in [0.05, 0.1) is 4.92 Å². The molecule has 0 saturated carbocycles. The number of rotatable bonds is 8. The standard InChI is InChI=1S/C19H20F2N4O4/c1-2-3-16(24-19(27)22-11-12-4-6-13(20)7-5-12)18(26)23-14-8-9-15(21)17(10-14)25(28)29/h4-10,16H,2-3,11H2,1H3,(H,23,26)(H2,22,24,27). The Bertz CT molecular complexity index is 890. The zero-order valence-corrected chi connectivity index (χ0v) is 15.6. The number of halogens is 2. The number of nitro groups is 1. The van der Waals surface area contributed by atoms with Crippen molar-refractivity contribution < 1.29 is 23.3 Å². The maximum Gasteiger partial charge on any atom is 0.315 e. The van der Waals surface area contributed by atoms with E-state index in [0.29, 0.717) is 18.4 Å². The van der Waals surface area contributed by atoms with Crippen molar-refractivity contribution >= 4 is 23.3 Å². The number of amides is 3. The van der Waals surface area contributed by atoms with E-state index in [1.165, 1.54) is 30.3 Å². The third-order valence-corrected chi connectivity index (χ3v) is 3.98. The maximum absolute atomic E-state index is 13.4. The van der Waals surface area contributed by atoms with Crippen molar-refractivity contribution in [1.82, 2.24) is 10.6 Å². The van der Waals surface area contributed by atoms with Crippen LogP contribution in [-0.2, 0) is 11.3 Å². The second-order valence-corrected chi connectivity index (χ2v) is 6.21. The summed E-state index contributed by atoms with van der Waals surface area (Å²) >= 11 is 0. The van der Waals surface area contributed by atoms with Crippen LogP contribution in [0.2, 0.25) is 0 Å². The topological polar surface area (TPSA) is 113 Å². The number of hydrogen-bond acceptors (Lipinski definition) is 4. The molecule has 3 amide bonds. The van der Waals surface area contributed by atoms with Gasteiger partial charge in [0.1, 0.15) is 11.9 Å². The summed E-state index contributed by atoms with van der Waals surface area (Å²) < 4.78 is 26.3. The molecule has 29 heavy (non-hydrogen) atoms. The second kappa shape index (κ2) is 10.1. The molecule has 2 aromatic carbocycles. The van der Waals surface area contributed by atoms with E-state index in [-0.39, 0.29) is 18.0 Å². The quantitative estimate of drug-likeness (QED) is 0.460. The minimum absolute atomic E-state index is 0.0396. The van der Waals surface area contributed by atoms with Crippen LogP contribution in [0.3, 0.4) is 0 Å². The van der Waals surface area contributed by atoms with Gasteiger partial charge in [0, 0.05) is 18.3 Å². The molecule has 8 nitrogen and oxygen atoms in total. The highest BCUT2D eigenvalue weighted by Crippen LogP contribution is 2.21. The summed E-state index contributed by atoms with van der Waals surface area (Å²) in [6, 6.07) is 7.05. The predicted octanol–water partition coefficient (Wildman–Crippen LogP) is 3.48. The molecule has 0 aliphatic carbocycles. The number of benzene rings is 2. The van der Waals surface area contributed by atoms with Gasteiger partial charge in [0.25, 0.3) is 0 Å². The smallest absolute Gasteiger partial charge is 0.315 e. The minimum atomic E-state index is -1.02. The van der Waals surface area contributed by atoms with E-state index in [1.807, 2.05) is 6.92 Å². The first kappa shape index (κ1) is 21.7. The van der Waals surface area contributed by atoms with Crippen molar-refractivity contribution in [3.05, 3.63) is 69.8 Å². The molecule has 0 fully saturated rings. The highest BCUT2D eigenvalue weighted by atomic mass is 19.1. The maximum atomic E-state index is 13.4. The van der Waals surface area contributed by atoms with Crippen LogP contribution in [0.25, 0.3) is 0 Å². The largest absolute Gasteiger partial charge is 0.334 e. The Hall–Kier alpha value is -3.56. The number of carbonyl (C=O) groups is 2. The summed E-state index contributed by atoms with van der Waals surface area (Å²) in [4.78, 5) is 34.5. The number of nitrogens with one attached hydrogen (secondary N) is 3. The van der Waals surface area contributed by atoms with Gasteiger partial charge in [-0.1, -0.05) is 25.5 Å². The van der Waals surface area contributed by atoms with Gasteiger partial charge in [-0.25, -0.2) is 9.18 Å². The first-order valence-electron chi connectivity index (χ1n) is 8.83. The number of nitro benzene ring substituents is 1. The molecule has 10 heteroatoms. The fourth-order valence-electron chi connectivity index (χ4n) is 2.51. The van der Waals surface area contributed by atoms with Crippen molar-refractivity contribution in [3.63, 3.8) is 0 Å². The van der Waals surface area contributed by atoms with Crippen molar-refractivity contribution in [3.8, 4) is 0 Å². The minimum Gasteiger partial charge on any atom is -0.334 e. The summed E-state index contributed by atoms with van der Waals surface area (Å²) in [6.07, 6.45) is 0.902. The molecule has 0 radical (unpaired) electrons. The zero-order chi connectivity index (χ0) is 21.4. The Morgan fingerprint density at radius 1 is 1.14 bits per heavy atom. The summed E-state index contributed by atoms with van der Waals surface area (Å²) in [6.45, 7) is 1.96. The van der Waals surface area contributed by atoms with E-state index in [9.17, 15) is 28.5 Å². The molecular formula is C19H20F2N4O4. The first-order chi connectivity index (χ1) is 13.8. The summed E-state index contributed by atoms with van der Waals surface area (Å²) in [5.41, 5.74) is -0.0470. The normalized spacial score (nSPS) is 11.4. The Balaban J connectivity index is 1.97. The zero-order valence-electron chi connectivity index (χ0n) is 15.6. The van der Waals surface area contributed by atoms with Gasteiger partial charge in [-0.05, 0) is 36.2 Å². The van der Waals surface area contributed by atoms with Gasteiger partial charge in [0.2, 0.25) is 11.7 Å². The Kier molecular flexibility index (Phi) is 7.58. The molecule has 154 valence electrons. The average molecular weight is 406 g/mol. The number of hydrogen-bond donors (Lipinski definition) is 3. The van der Waals surface area contributed by atoms with Gasteiger partial charge in [0.15, 0.2) is 0 Å². The number of carbonyl (C=O) groups excluding carboxylic acids is 2. The van der Waals surface area contributed by atoms with E-state index < -0.39 is 34.4 Å². The Morgan fingerprint density at radius 3 is 2.45 bits per heavy atom. The highest BCUT2D eigenvalue weighted by Gasteiger charge is 2.21. The Morgan fingerprint density at radius 2 is 1.83 bits per heavy atom. The van der Waals surface area contributed by atoms with Crippen LogP contribution >= 0.6 is 0 Å². The van der Waals surface area contributed by atoms with Crippen LogP contribution in [0.15, 0.2) is 42.5 Å². The molecule has 3 N–H and O–H groups in total. The van der Waals surface area contributed by atoms with Crippen LogP contribution in [0, 0.1) is 21.7 Å². The molecule has 2 aromatic rings. The van der Waals surface area contributed by atoms with E-state index >= 15 is 0 Å². The Labute approximate surface area is 165 Å². The van der Waals surface area contributed by atoms with Crippen molar-refractivity contribution in [1.29, 1.82) is 0 Å². The van der Waals surface area contributed by atoms with Crippen molar-refractivity contribution in [2.75, 3.05) is 5.32 Å². The lowest BCUT2D eigenvalue weighted by atomic mass is 10.1. The average Bonchev–Trinajstić information content (AvgIpc) is 2.68. The lowest BCUT2D eigenvalue weighted by Gasteiger charge is -2.18. The van der Waals surface area contributed by atoms with E-state index in [0.717, 1.165) is 12.1 Å². The van der Waals surface area contributed by atoms with E-state index in [2.05, 4.69) is 16.0 Å². The fourth-order valence-corrected chi connectivity index (χ4v) is 2.51. The molecule has 0 bridgehead atoms. The third kappa shape index (κ3) is 6.52. The number of urea groups is 1. The molecule has 1 unspecified atom stereocenters. The molecule has 0 spiro atoms. The lowest BCUT2D eigenvalue weighted by Crippen LogP contribution is -2.47. The van der Waals surface area contributed by atoms with Gasteiger partial charge in [-0.3, -0.25) is 14.9 Å². The molecule has 1 atom stereocenters. The van der Waals surface area contributed by atoms with Gasteiger partial charge in [-0.2, -0.15) is 4.39 Å². The van der Waals surface area contributed by atoms with E-state index in [4.69, 9.17) is 0 Å². The predicted molar refractivity (Wildman–Crippen MR) is 102 cm³/mol. The molecule has 0 heterocycles. The van der Waals surface area contributed by atoms with Crippen LogP contribution in [0.1, 0.15) is 25.3 Å². The third-order valence-electron chi connectivity index (χ3n) is 3.98. The van der Waals surface area contributed by atoms with E-state index in [1.54, 1.807) is 0 Å². The van der Waals surface area contributed by atoms with Crippen LogP contribution in [0.5, 0.6) is 0 Å². The SMILES string of the molecule is CCCC(NC(=O)NCc1ccc(F)cc1)C(=O)Nc1ccc(F)c([N+](=O)[O-])c1. The molecular weight excluding hydrogens is 386 g/mol. The molecule has 0 saturated heterocycles. The highest BCUT2D eigenvalue weighted by molar-refractivity contribution is 5.97. The van der Waals surface area contributed by atoms with Crippen LogP contribution < -0.4 is 16.0 Å². The van der Waals surface area contributed by atoms with Crippen molar-refractivity contribution in [2.45, 2.75) is 32.4 Å². The second-order valence-electron chi connectivity index (χ2n) is 6.21. The molecule has 0 aromatic heterocycles. The molecule has 2 rings (SSSR count). The summed E-state index contributed by atoms with van der Waals surface area (Å²) in [5.74, 6) is -2.00. The first-order valence-corrected chi connectivity index (χ1v) is 8.83. The van der Waals surface area contributed by atoms with Crippen molar-refractivity contribution in [2.24, 2.45) is 0 Å².